The lowest BCUT2D eigenvalue weighted by Gasteiger charge is -2.02. The molecule has 0 aliphatic rings. The van der Waals surface area contributed by atoms with Crippen molar-refractivity contribution in [2.24, 2.45) is 7.05 Å². The van der Waals surface area contributed by atoms with Gasteiger partial charge in [0.05, 0.1) is 22.1 Å². The van der Waals surface area contributed by atoms with Gasteiger partial charge in [0.15, 0.2) is 10.8 Å². The highest BCUT2D eigenvalue weighted by atomic mass is 32.2. The van der Waals surface area contributed by atoms with Crippen LogP contribution in [-0.2, 0) is 7.05 Å². The molecule has 8 nitrogen and oxygen atoms in total. The fourth-order valence-electron chi connectivity index (χ4n) is 2.66. The first-order valence-electron chi connectivity index (χ1n) is 7.72. The number of benzene rings is 1. The molecule has 5 rings (SSSR count). The maximum Gasteiger partial charge on any atom is 0.217 e. The zero-order chi connectivity index (χ0) is 17.7. The van der Waals surface area contributed by atoms with Crippen molar-refractivity contribution < 1.29 is 0 Å². The molecule has 0 bridgehead atoms. The zero-order valence-corrected chi connectivity index (χ0v) is 15.2. The number of hydrogen-bond donors (Lipinski definition) is 1. The minimum atomic E-state index is 0.552. The highest BCUT2D eigenvalue weighted by molar-refractivity contribution is 7.99. The Hall–Kier alpha value is -2.98. The fraction of sp³-hybridized carbons (Fsp3) is 0.0625. The molecule has 0 saturated carbocycles. The van der Waals surface area contributed by atoms with Crippen LogP contribution in [-0.4, -0.2) is 34.6 Å². The molecule has 5 aromatic rings. The molecule has 10 heteroatoms. The number of hydrogen-bond acceptors (Lipinski definition) is 8. The van der Waals surface area contributed by atoms with Crippen LogP contribution in [0.15, 0.2) is 52.8 Å². The summed E-state index contributed by atoms with van der Waals surface area (Å²) in [5.41, 5.74) is 9.16. The molecule has 0 unspecified atom stereocenters. The normalized spacial score (nSPS) is 11.6. The van der Waals surface area contributed by atoms with Crippen LogP contribution < -0.4 is 5.73 Å². The minimum Gasteiger partial charge on any atom is -0.375 e. The summed E-state index contributed by atoms with van der Waals surface area (Å²) in [6, 6.07) is 9.80. The van der Waals surface area contributed by atoms with E-state index >= 15 is 0 Å². The van der Waals surface area contributed by atoms with Gasteiger partial charge in [-0.1, -0.05) is 17.4 Å². The molecule has 0 aliphatic carbocycles. The summed E-state index contributed by atoms with van der Waals surface area (Å²) < 4.78 is 4.53. The van der Waals surface area contributed by atoms with Crippen molar-refractivity contribution >= 4 is 44.1 Å². The van der Waals surface area contributed by atoms with E-state index in [4.69, 9.17) is 5.73 Å². The van der Waals surface area contributed by atoms with Crippen molar-refractivity contribution in [1.82, 2.24) is 34.6 Å². The summed E-state index contributed by atoms with van der Waals surface area (Å²) in [6.07, 6.45) is 3.70. The van der Waals surface area contributed by atoms with Gasteiger partial charge >= 0.3 is 0 Å². The molecule has 0 fully saturated rings. The quantitative estimate of drug-likeness (QED) is 0.514. The lowest BCUT2D eigenvalue weighted by Crippen LogP contribution is -1.96. The molecule has 4 heterocycles. The Labute approximate surface area is 155 Å². The number of anilines is 1. The number of aromatic nitrogens is 7. The van der Waals surface area contributed by atoms with Gasteiger partial charge in [0.25, 0.3) is 0 Å². The van der Waals surface area contributed by atoms with E-state index < -0.39 is 0 Å². The van der Waals surface area contributed by atoms with Crippen LogP contribution in [0, 0.1) is 0 Å². The second-order valence-corrected chi connectivity index (χ2v) is 7.70. The van der Waals surface area contributed by atoms with Crippen molar-refractivity contribution in [1.29, 1.82) is 0 Å². The summed E-state index contributed by atoms with van der Waals surface area (Å²) >= 11 is 2.94. The Morgan fingerprint density at radius 1 is 1.15 bits per heavy atom. The Kier molecular flexibility index (Phi) is 3.40. The molecule has 0 saturated heterocycles. The number of nitrogen functional groups attached to an aromatic ring is 1. The predicted octanol–water partition coefficient (Wildman–Crippen LogP) is 2.87. The maximum absolute atomic E-state index is 5.85. The molecule has 26 heavy (non-hydrogen) atoms. The summed E-state index contributed by atoms with van der Waals surface area (Å²) in [4.78, 5) is 5.40. The highest BCUT2D eigenvalue weighted by Gasteiger charge is 2.14. The molecule has 0 amide bonds. The third-order valence-corrected chi connectivity index (χ3v) is 5.67. The Bertz CT molecular complexity index is 1250. The van der Waals surface area contributed by atoms with Crippen molar-refractivity contribution in [2.75, 3.05) is 5.73 Å². The zero-order valence-electron chi connectivity index (χ0n) is 13.6. The molecule has 128 valence electrons. The summed E-state index contributed by atoms with van der Waals surface area (Å²) in [7, 11) is 1.88. The number of fused-ring (bicyclic) bond motifs is 2. The van der Waals surface area contributed by atoms with E-state index in [1.807, 2.05) is 43.6 Å². The predicted molar refractivity (Wildman–Crippen MR) is 101 cm³/mol. The largest absolute Gasteiger partial charge is 0.375 e. The number of nitrogens with zero attached hydrogens (tertiary/aromatic N) is 7. The van der Waals surface area contributed by atoms with Crippen LogP contribution in [0.3, 0.4) is 0 Å². The van der Waals surface area contributed by atoms with Crippen LogP contribution in [0.4, 0.5) is 5.13 Å². The molecule has 0 spiro atoms. The van der Waals surface area contributed by atoms with Gasteiger partial charge in [-0.2, -0.15) is 14.7 Å². The first-order chi connectivity index (χ1) is 12.7. The van der Waals surface area contributed by atoms with E-state index in [9.17, 15) is 0 Å². The van der Waals surface area contributed by atoms with Gasteiger partial charge in [-0.3, -0.25) is 4.68 Å². The lowest BCUT2D eigenvalue weighted by atomic mass is 10.2. The second kappa shape index (κ2) is 5.78. The topological polar surface area (TPSA) is 99.8 Å². The van der Waals surface area contributed by atoms with Crippen LogP contribution >= 0.6 is 23.1 Å². The standard InChI is InChI=1S/C16H12N8S2/c1-23-8-9(7-18-23)10-5-6-13-20-21-16(24(13)22-10)26-12-4-2-3-11-14(12)19-15(17)25-11/h2-8H,1H3,(H2,17,19). The molecular weight excluding hydrogens is 368 g/mol. The Balaban J connectivity index is 1.60. The van der Waals surface area contributed by atoms with Gasteiger partial charge in [0, 0.05) is 23.7 Å². The monoisotopic (exact) mass is 380 g/mol. The number of nitrogens with two attached hydrogens (primary N) is 1. The molecule has 2 N–H and O–H groups in total. The van der Waals surface area contributed by atoms with Gasteiger partial charge in [-0.25, -0.2) is 4.98 Å². The molecule has 0 aliphatic heterocycles. The van der Waals surface area contributed by atoms with E-state index in [2.05, 4.69) is 25.4 Å². The second-order valence-electron chi connectivity index (χ2n) is 5.63. The van der Waals surface area contributed by atoms with Crippen molar-refractivity contribution in [3.63, 3.8) is 0 Å². The Morgan fingerprint density at radius 3 is 2.92 bits per heavy atom. The van der Waals surface area contributed by atoms with Gasteiger partial charge in [0.1, 0.15) is 0 Å². The van der Waals surface area contributed by atoms with E-state index in [-0.39, 0.29) is 0 Å². The highest BCUT2D eigenvalue weighted by Crippen LogP contribution is 2.35. The average molecular weight is 380 g/mol. The molecule has 0 atom stereocenters. The number of aryl methyl sites for hydroxylation is 1. The van der Waals surface area contributed by atoms with E-state index in [0.717, 1.165) is 26.4 Å². The first kappa shape index (κ1) is 15.3. The van der Waals surface area contributed by atoms with Gasteiger partial charge in [-0.05, 0) is 36.0 Å². The lowest BCUT2D eigenvalue weighted by molar-refractivity contribution is 0.767. The smallest absolute Gasteiger partial charge is 0.217 e. The van der Waals surface area contributed by atoms with Gasteiger partial charge in [0.2, 0.25) is 5.16 Å². The van der Waals surface area contributed by atoms with Crippen LogP contribution in [0.2, 0.25) is 0 Å². The van der Waals surface area contributed by atoms with Crippen molar-refractivity contribution in [2.45, 2.75) is 10.1 Å². The van der Waals surface area contributed by atoms with E-state index in [1.54, 1.807) is 15.4 Å². The number of thiazole rings is 1. The minimum absolute atomic E-state index is 0.552. The maximum atomic E-state index is 5.85. The molecule has 4 aromatic heterocycles. The number of para-hydroxylation sites is 1. The summed E-state index contributed by atoms with van der Waals surface area (Å²) in [5, 5.41) is 18.6. The average Bonchev–Trinajstić information content (AvgIpc) is 3.33. The molecule has 0 radical (unpaired) electrons. The molecular formula is C16H12N8S2. The summed E-state index contributed by atoms with van der Waals surface area (Å²) in [6.45, 7) is 0. The third-order valence-electron chi connectivity index (χ3n) is 3.83. The van der Waals surface area contributed by atoms with Crippen LogP contribution in [0.25, 0.3) is 27.1 Å². The molecule has 1 aromatic carbocycles. The first-order valence-corrected chi connectivity index (χ1v) is 9.35. The van der Waals surface area contributed by atoms with Gasteiger partial charge < -0.3 is 5.73 Å². The Morgan fingerprint density at radius 2 is 2.08 bits per heavy atom. The summed E-state index contributed by atoms with van der Waals surface area (Å²) in [5.74, 6) is 0. The van der Waals surface area contributed by atoms with Crippen LogP contribution in [0.1, 0.15) is 0 Å². The fourth-order valence-corrected chi connectivity index (χ4v) is 4.39. The number of rotatable bonds is 3. The van der Waals surface area contributed by atoms with Crippen LogP contribution in [0.5, 0.6) is 0 Å². The van der Waals surface area contributed by atoms with Crippen molar-refractivity contribution in [3.8, 4) is 11.3 Å². The third kappa shape index (κ3) is 2.50. The SMILES string of the molecule is Cn1cc(-c2ccc3nnc(Sc4cccc5sc(N)nc45)n3n2)cn1. The van der Waals surface area contributed by atoms with E-state index in [0.29, 0.717) is 15.9 Å². The van der Waals surface area contributed by atoms with Gasteiger partial charge in [-0.15, -0.1) is 10.2 Å². The van der Waals surface area contributed by atoms with Crippen molar-refractivity contribution in [3.05, 3.63) is 42.7 Å². The van der Waals surface area contributed by atoms with E-state index in [1.165, 1.54) is 23.1 Å².